The summed E-state index contributed by atoms with van der Waals surface area (Å²) in [6.45, 7) is 48.8. The Kier molecular flexibility index (Phi) is 166. The first kappa shape index (κ1) is 95.2. The normalized spacial score (nSPS) is 10.7. The fourth-order valence-corrected chi connectivity index (χ4v) is 5.47. The predicted octanol–water partition coefficient (Wildman–Crippen LogP) is 28.4. The first-order chi connectivity index (χ1) is 36.2. The standard InChI is InChI=1S/C10H8.3C6H12.3C6H6.3C3H8.9C2H6/c1-2-6-10-8-4-3-7-9(10)5-1;6*1-2-4-6-5-3-1;3*1-3-2;9*1-2/h1-8H;3*1-6H2;3*1-6H;3*3H2,1-2H3;9*1-2H3. The van der Waals surface area contributed by atoms with Crippen LogP contribution in [0.4, 0.5) is 0 Å². The van der Waals surface area contributed by atoms with Gasteiger partial charge in [0.2, 0.25) is 0 Å². The molecule has 0 saturated heterocycles. The summed E-state index contributed by atoms with van der Waals surface area (Å²) in [5, 5.41) is 2.62. The number of hydrogen-bond donors (Lipinski definition) is 0. The zero-order valence-corrected chi connectivity index (χ0v) is 54.9. The molecule has 0 radical (unpaired) electrons. The Labute approximate surface area is 467 Å². The highest BCUT2D eigenvalue weighted by molar-refractivity contribution is 5.82. The van der Waals surface area contributed by atoms with E-state index in [1.165, 1.54) is 146 Å². The van der Waals surface area contributed by atoms with Crippen LogP contribution in [0.1, 0.15) is 301 Å². The van der Waals surface area contributed by atoms with Gasteiger partial charge in [0.1, 0.15) is 0 Å². The summed E-state index contributed by atoms with van der Waals surface area (Å²) in [4.78, 5) is 0. The quantitative estimate of drug-likeness (QED) is 0.145. The molecule has 3 saturated carbocycles. The van der Waals surface area contributed by atoms with Crippen LogP contribution in [0.25, 0.3) is 10.8 Å². The van der Waals surface area contributed by atoms with E-state index in [1.54, 1.807) is 0 Å². The highest BCUT2D eigenvalue weighted by Crippen LogP contribution is 2.16. The second-order valence-corrected chi connectivity index (χ2v) is 14.3. The minimum Gasteiger partial charge on any atom is -0.0683 e. The monoisotopic (exact) mass is 1020 g/mol. The minimum absolute atomic E-state index is 1.25. The summed E-state index contributed by atoms with van der Waals surface area (Å²) in [7, 11) is 0. The smallest absolute Gasteiger partial charge is 0.0184 e. The molecule has 0 aliphatic heterocycles. The average molecular weight is 1020 g/mol. The average Bonchev–Trinajstić information content (AvgIpc) is 3.54. The molecule has 0 heteroatoms. The lowest BCUT2D eigenvalue weighted by molar-refractivity contribution is 0.504. The van der Waals surface area contributed by atoms with Crippen molar-refractivity contribution in [3.8, 4) is 0 Å². The summed E-state index contributed by atoms with van der Waals surface area (Å²) in [6.07, 6.45) is 30.8. The topological polar surface area (TPSA) is 0 Å². The molecule has 0 aromatic heterocycles. The Morgan fingerprint density at radius 3 is 0.301 bits per heavy atom. The molecule has 0 spiro atoms. The van der Waals surface area contributed by atoms with Gasteiger partial charge in [-0.2, -0.15) is 0 Å². The molecule has 3 fully saturated rings. The van der Waals surface area contributed by atoms with Crippen molar-refractivity contribution in [1.82, 2.24) is 0 Å². The van der Waals surface area contributed by atoms with Crippen LogP contribution in [-0.2, 0) is 0 Å². The molecule has 5 aromatic rings. The first-order valence-electron chi connectivity index (χ1n) is 31.6. The first-order valence-corrected chi connectivity index (χ1v) is 31.6. The fourth-order valence-electron chi connectivity index (χ4n) is 5.47. The van der Waals surface area contributed by atoms with Gasteiger partial charge in [-0.3, -0.25) is 0 Å². The molecule has 0 atom stereocenters. The third kappa shape index (κ3) is 119. The highest BCUT2D eigenvalue weighted by atomic mass is 14.0. The van der Waals surface area contributed by atoms with E-state index in [2.05, 4.69) is 90.1 Å². The fraction of sp³-hybridized carbons (Fsp3) is 0.616. The lowest BCUT2D eigenvalue weighted by Gasteiger charge is -2.05. The van der Waals surface area contributed by atoms with E-state index in [-0.39, 0.29) is 0 Å². The molecule has 0 heterocycles. The molecular weight excluding hydrogens is 877 g/mol. The van der Waals surface area contributed by atoms with E-state index in [0.29, 0.717) is 0 Å². The molecule has 3 aliphatic carbocycles. The molecule has 0 unspecified atom stereocenters. The third-order valence-electron chi connectivity index (χ3n) is 8.16. The molecule has 0 amide bonds. The molecule has 0 N–H and O–H groups in total. The van der Waals surface area contributed by atoms with Crippen molar-refractivity contribution in [1.29, 1.82) is 0 Å². The van der Waals surface area contributed by atoms with E-state index < -0.39 is 0 Å². The van der Waals surface area contributed by atoms with Crippen molar-refractivity contribution in [2.45, 2.75) is 301 Å². The van der Waals surface area contributed by atoms with Gasteiger partial charge in [-0.05, 0) is 10.8 Å². The molecule has 432 valence electrons. The summed E-state index contributed by atoms with van der Waals surface area (Å²) in [6, 6.07) is 52.7. The number of hydrogen-bond acceptors (Lipinski definition) is 0. The van der Waals surface area contributed by atoms with Crippen LogP contribution >= 0.6 is 0 Å². The number of fused-ring (bicyclic) bond motifs is 1. The number of rotatable bonds is 0. The summed E-state index contributed by atoms with van der Waals surface area (Å²) >= 11 is 0. The van der Waals surface area contributed by atoms with E-state index in [1.807, 2.05) is 234 Å². The largest absolute Gasteiger partial charge is 0.0683 e. The van der Waals surface area contributed by atoms with Gasteiger partial charge in [0.15, 0.2) is 0 Å². The van der Waals surface area contributed by atoms with Gasteiger partial charge in [0.05, 0.1) is 0 Å². The lowest BCUT2D eigenvalue weighted by Crippen LogP contribution is -1.85. The van der Waals surface area contributed by atoms with Gasteiger partial charge >= 0.3 is 0 Å². The Hall–Kier alpha value is -3.64. The van der Waals surface area contributed by atoms with Gasteiger partial charge in [-0.15, -0.1) is 0 Å². The van der Waals surface area contributed by atoms with Crippen molar-refractivity contribution in [2.24, 2.45) is 0 Å². The van der Waals surface area contributed by atoms with Crippen LogP contribution in [0.5, 0.6) is 0 Å². The second kappa shape index (κ2) is 127. The van der Waals surface area contributed by atoms with Crippen LogP contribution < -0.4 is 0 Å². The molecule has 0 nitrogen and oxygen atoms in total. The summed E-state index contributed by atoms with van der Waals surface area (Å²) < 4.78 is 0. The molecule has 3 aliphatic rings. The van der Waals surface area contributed by atoms with Crippen LogP contribution in [0.15, 0.2) is 158 Å². The van der Waals surface area contributed by atoms with Gasteiger partial charge in [0.25, 0.3) is 0 Å². The van der Waals surface area contributed by atoms with Crippen molar-refractivity contribution < 1.29 is 0 Å². The van der Waals surface area contributed by atoms with Crippen LogP contribution in [0, 0.1) is 0 Å². The van der Waals surface area contributed by atoms with Gasteiger partial charge in [-0.25, -0.2) is 0 Å². The zero-order valence-electron chi connectivity index (χ0n) is 54.9. The maximum atomic E-state index is 2.12. The summed E-state index contributed by atoms with van der Waals surface area (Å²) in [5.74, 6) is 0. The Morgan fingerprint density at radius 2 is 0.233 bits per heavy atom. The molecule has 73 heavy (non-hydrogen) atoms. The predicted molar refractivity (Wildman–Crippen MR) is 356 cm³/mol. The van der Waals surface area contributed by atoms with Crippen molar-refractivity contribution in [3.05, 3.63) is 158 Å². The van der Waals surface area contributed by atoms with Gasteiger partial charge < -0.3 is 0 Å². The van der Waals surface area contributed by atoms with E-state index in [4.69, 9.17) is 0 Å². The maximum absolute atomic E-state index is 2.12. The lowest BCUT2D eigenvalue weighted by atomic mass is 10.0. The molecule has 0 bridgehead atoms. The van der Waals surface area contributed by atoms with Crippen molar-refractivity contribution >= 4 is 10.8 Å². The minimum atomic E-state index is 1.25. The SMILES string of the molecule is C1CCCCC1.C1CCCCC1.C1CCCCC1.CC.CC.CC.CC.CC.CC.CC.CC.CC.CCC.CCC.CCC.c1ccc2ccccc2c1.c1ccccc1.c1ccccc1.c1ccccc1. The molecule has 5 aromatic carbocycles. The Bertz CT molecular complexity index is 981. The Balaban J connectivity index is -0.0000000637. The van der Waals surface area contributed by atoms with Crippen molar-refractivity contribution in [3.63, 3.8) is 0 Å². The van der Waals surface area contributed by atoms with Crippen molar-refractivity contribution in [2.75, 3.05) is 0 Å². The maximum Gasteiger partial charge on any atom is -0.0184 e. The van der Waals surface area contributed by atoms with Gasteiger partial charge in [-0.1, -0.05) is 459 Å². The second-order valence-electron chi connectivity index (χ2n) is 14.3. The molecular formula is C73H140. The third-order valence-corrected chi connectivity index (χ3v) is 8.16. The number of benzene rings is 5. The van der Waals surface area contributed by atoms with Crippen LogP contribution in [0.2, 0.25) is 0 Å². The van der Waals surface area contributed by atoms with Gasteiger partial charge in [0, 0.05) is 0 Å². The summed E-state index contributed by atoms with van der Waals surface area (Å²) in [5.41, 5.74) is 0. The van der Waals surface area contributed by atoms with E-state index in [0.717, 1.165) is 0 Å². The Morgan fingerprint density at radius 1 is 0.164 bits per heavy atom. The zero-order chi connectivity index (χ0) is 58.4. The van der Waals surface area contributed by atoms with E-state index in [9.17, 15) is 0 Å². The van der Waals surface area contributed by atoms with Crippen LogP contribution in [-0.4, -0.2) is 0 Å². The van der Waals surface area contributed by atoms with E-state index >= 15 is 0 Å². The van der Waals surface area contributed by atoms with Crippen LogP contribution in [0.3, 0.4) is 0 Å². The molecule has 8 rings (SSSR count). The highest BCUT2D eigenvalue weighted by Gasteiger charge is 1.96.